The van der Waals surface area contributed by atoms with Gasteiger partial charge in [-0.05, 0) is 37.6 Å². The molecule has 140 valence electrons. The third kappa shape index (κ3) is 6.09. The highest BCUT2D eigenvalue weighted by Gasteiger charge is 2.29. The molecule has 2 heterocycles. The summed E-state index contributed by atoms with van der Waals surface area (Å²) in [6.07, 6.45) is 2.11. The number of nitrogens with zero attached hydrogens (tertiary/aromatic N) is 1. The minimum atomic E-state index is -3.18. The number of hydrogen-bond acceptors (Lipinski definition) is 5. The topological polar surface area (TPSA) is 95.6 Å². The van der Waals surface area contributed by atoms with Crippen molar-refractivity contribution in [1.82, 2.24) is 14.9 Å². The first-order valence-corrected chi connectivity index (χ1v) is 11.0. The standard InChI is InChI=1S/C16H25N3O4S2/c1-2-25(22,23)18-9-5-8-17-15(20)13-6-3-10-19(12-13)16(21)14-7-4-11-24-14/h4,7,11,13,18H,2-3,5-6,8-10,12H2,1H3,(H,17,20). The number of rotatable bonds is 8. The fourth-order valence-corrected chi connectivity index (χ4v) is 4.06. The van der Waals surface area contributed by atoms with E-state index in [-0.39, 0.29) is 23.5 Å². The minimum Gasteiger partial charge on any atom is -0.356 e. The van der Waals surface area contributed by atoms with Gasteiger partial charge in [0.1, 0.15) is 0 Å². The van der Waals surface area contributed by atoms with E-state index in [1.165, 1.54) is 11.3 Å². The largest absolute Gasteiger partial charge is 0.356 e. The van der Waals surface area contributed by atoms with Gasteiger partial charge in [0.25, 0.3) is 5.91 Å². The van der Waals surface area contributed by atoms with Gasteiger partial charge in [-0.3, -0.25) is 9.59 Å². The van der Waals surface area contributed by atoms with Crippen LogP contribution in [0.15, 0.2) is 17.5 Å². The van der Waals surface area contributed by atoms with Gasteiger partial charge in [-0.2, -0.15) is 0 Å². The highest BCUT2D eigenvalue weighted by atomic mass is 32.2. The van der Waals surface area contributed by atoms with Crippen LogP contribution >= 0.6 is 11.3 Å². The lowest BCUT2D eigenvalue weighted by atomic mass is 9.97. The molecule has 0 aliphatic carbocycles. The Morgan fingerprint density at radius 2 is 2.16 bits per heavy atom. The zero-order chi connectivity index (χ0) is 18.3. The maximum Gasteiger partial charge on any atom is 0.263 e. The Bertz CT molecular complexity index is 674. The molecular formula is C16H25N3O4S2. The normalized spacial score (nSPS) is 18.1. The Labute approximate surface area is 152 Å². The summed E-state index contributed by atoms with van der Waals surface area (Å²) < 4.78 is 25.1. The Balaban J connectivity index is 1.73. The SMILES string of the molecule is CCS(=O)(=O)NCCCNC(=O)C1CCCN(C(=O)c2cccs2)C1. The zero-order valence-electron chi connectivity index (χ0n) is 14.4. The summed E-state index contributed by atoms with van der Waals surface area (Å²) in [6.45, 7) is 3.42. The molecule has 0 saturated carbocycles. The van der Waals surface area contributed by atoms with E-state index < -0.39 is 10.0 Å². The van der Waals surface area contributed by atoms with Crippen LogP contribution in [0.5, 0.6) is 0 Å². The molecule has 1 aliphatic heterocycles. The van der Waals surface area contributed by atoms with E-state index in [9.17, 15) is 18.0 Å². The van der Waals surface area contributed by atoms with Gasteiger partial charge in [-0.25, -0.2) is 13.1 Å². The smallest absolute Gasteiger partial charge is 0.263 e. The number of sulfonamides is 1. The van der Waals surface area contributed by atoms with E-state index in [0.717, 1.165) is 12.8 Å². The van der Waals surface area contributed by atoms with E-state index in [1.807, 2.05) is 11.4 Å². The molecule has 0 spiro atoms. The third-order valence-electron chi connectivity index (χ3n) is 4.17. The second kappa shape index (κ2) is 9.30. The van der Waals surface area contributed by atoms with E-state index in [2.05, 4.69) is 10.0 Å². The Morgan fingerprint density at radius 1 is 1.36 bits per heavy atom. The zero-order valence-corrected chi connectivity index (χ0v) is 16.0. The van der Waals surface area contributed by atoms with Crippen LogP contribution in [0.25, 0.3) is 0 Å². The molecule has 1 aromatic heterocycles. The molecule has 1 atom stereocenters. The van der Waals surface area contributed by atoms with E-state index in [1.54, 1.807) is 17.9 Å². The Hall–Kier alpha value is -1.45. The Kier molecular flexibility index (Phi) is 7.39. The first kappa shape index (κ1) is 19.9. The molecule has 0 bridgehead atoms. The molecular weight excluding hydrogens is 362 g/mol. The lowest BCUT2D eigenvalue weighted by Crippen LogP contribution is -2.45. The molecule has 1 aliphatic rings. The number of carbonyl (C=O) groups excluding carboxylic acids is 2. The van der Waals surface area contributed by atoms with Crippen molar-refractivity contribution in [1.29, 1.82) is 0 Å². The number of carbonyl (C=O) groups is 2. The van der Waals surface area contributed by atoms with Crippen LogP contribution < -0.4 is 10.0 Å². The molecule has 25 heavy (non-hydrogen) atoms. The van der Waals surface area contributed by atoms with Gasteiger partial charge in [-0.15, -0.1) is 11.3 Å². The highest BCUT2D eigenvalue weighted by Crippen LogP contribution is 2.20. The molecule has 0 radical (unpaired) electrons. The van der Waals surface area contributed by atoms with Gasteiger partial charge in [0, 0.05) is 26.2 Å². The minimum absolute atomic E-state index is 0.0125. The van der Waals surface area contributed by atoms with Crippen molar-refractivity contribution in [3.63, 3.8) is 0 Å². The summed E-state index contributed by atoms with van der Waals surface area (Å²) in [6, 6.07) is 3.65. The third-order valence-corrected chi connectivity index (χ3v) is 6.43. The van der Waals surface area contributed by atoms with Crippen LogP contribution in [0, 0.1) is 5.92 Å². The summed E-state index contributed by atoms with van der Waals surface area (Å²) in [5, 5.41) is 4.71. The molecule has 1 aromatic rings. The lowest BCUT2D eigenvalue weighted by molar-refractivity contribution is -0.126. The monoisotopic (exact) mass is 387 g/mol. The van der Waals surface area contributed by atoms with Gasteiger partial charge in [0.15, 0.2) is 0 Å². The predicted molar refractivity (Wildman–Crippen MR) is 98.0 cm³/mol. The quantitative estimate of drug-likeness (QED) is 0.652. The van der Waals surface area contributed by atoms with Crippen LogP contribution in [0.1, 0.15) is 35.9 Å². The van der Waals surface area contributed by atoms with Crippen molar-refractivity contribution in [2.24, 2.45) is 5.92 Å². The summed E-state index contributed by atoms with van der Waals surface area (Å²) in [5.41, 5.74) is 0. The lowest BCUT2D eigenvalue weighted by Gasteiger charge is -2.31. The molecule has 2 amide bonds. The first-order valence-electron chi connectivity index (χ1n) is 8.50. The fraction of sp³-hybridized carbons (Fsp3) is 0.625. The van der Waals surface area contributed by atoms with Gasteiger partial charge >= 0.3 is 0 Å². The van der Waals surface area contributed by atoms with Gasteiger partial charge in [0.05, 0.1) is 16.5 Å². The average Bonchev–Trinajstić information content (AvgIpc) is 3.15. The van der Waals surface area contributed by atoms with Crippen molar-refractivity contribution in [3.05, 3.63) is 22.4 Å². The van der Waals surface area contributed by atoms with Gasteiger partial charge in [0.2, 0.25) is 15.9 Å². The average molecular weight is 388 g/mol. The number of thiophene rings is 1. The van der Waals surface area contributed by atoms with Crippen LogP contribution in [0.3, 0.4) is 0 Å². The second-order valence-electron chi connectivity index (χ2n) is 6.01. The second-order valence-corrected chi connectivity index (χ2v) is 9.05. The van der Waals surface area contributed by atoms with Crippen LogP contribution in [-0.4, -0.2) is 57.1 Å². The molecule has 1 unspecified atom stereocenters. The molecule has 7 nitrogen and oxygen atoms in total. The van der Waals surface area contributed by atoms with Gasteiger partial charge in [-0.1, -0.05) is 6.07 Å². The summed E-state index contributed by atoms with van der Waals surface area (Å²) in [7, 11) is -3.18. The molecule has 0 aromatic carbocycles. The summed E-state index contributed by atoms with van der Waals surface area (Å²) >= 11 is 1.41. The van der Waals surface area contributed by atoms with Crippen LogP contribution in [0.2, 0.25) is 0 Å². The van der Waals surface area contributed by atoms with E-state index in [0.29, 0.717) is 37.5 Å². The van der Waals surface area contributed by atoms with Crippen LogP contribution in [-0.2, 0) is 14.8 Å². The maximum atomic E-state index is 12.4. The van der Waals surface area contributed by atoms with Crippen molar-refractivity contribution < 1.29 is 18.0 Å². The summed E-state index contributed by atoms with van der Waals surface area (Å²) in [5.74, 6) is -0.233. The predicted octanol–water partition coefficient (Wildman–Crippen LogP) is 1.05. The van der Waals surface area contributed by atoms with Gasteiger partial charge < -0.3 is 10.2 Å². The van der Waals surface area contributed by atoms with Crippen molar-refractivity contribution in [3.8, 4) is 0 Å². The number of hydrogen-bond donors (Lipinski definition) is 2. The summed E-state index contributed by atoms with van der Waals surface area (Å²) in [4.78, 5) is 27.1. The van der Waals surface area contributed by atoms with E-state index in [4.69, 9.17) is 0 Å². The Morgan fingerprint density at radius 3 is 2.84 bits per heavy atom. The van der Waals surface area contributed by atoms with Crippen molar-refractivity contribution >= 4 is 33.2 Å². The maximum absolute atomic E-state index is 12.4. The molecule has 2 N–H and O–H groups in total. The number of nitrogens with one attached hydrogen (secondary N) is 2. The number of amides is 2. The number of piperidine rings is 1. The molecule has 9 heteroatoms. The molecule has 1 fully saturated rings. The first-order chi connectivity index (χ1) is 11.9. The molecule has 1 saturated heterocycles. The van der Waals surface area contributed by atoms with Crippen molar-refractivity contribution in [2.45, 2.75) is 26.2 Å². The van der Waals surface area contributed by atoms with E-state index >= 15 is 0 Å². The molecule has 2 rings (SSSR count). The van der Waals surface area contributed by atoms with Crippen molar-refractivity contribution in [2.75, 3.05) is 31.9 Å². The number of likely N-dealkylation sites (tertiary alicyclic amines) is 1. The highest BCUT2D eigenvalue weighted by molar-refractivity contribution is 7.89. The fourth-order valence-electron chi connectivity index (χ4n) is 2.71. The van der Waals surface area contributed by atoms with Crippen LogP contribution in [0.4, 0.5) is 0 Å².